The van der Waals surface area contributed by atoms with Crippen molar-refractivity contribution in [3.63, 3.8) is 0 Å². The molecular formula is C22H24N2. The Hall–Kier alpha value is -2.06. The molecule has 1 N–H and O–H groups in total. The van der Waals surface area contributed by atoms with Gasteiger partial charge in [-0.3, -0.25) is 0 Å². The van der Waals surface area contributed by atoms with Crippen molar-refractivity contribution >= 4 is 10.9 Å². The Morgan fingerprint density at radius 2 is 1.54 bits per heavy atom. The van der Waals surface area contributed by atoms with E-state index in [1.165, 1.54) is 47.8 Å². The fraction of sp³-hybridized carbons (Fsp3) is 0.364. The van der Waals surface area contributed by atoms with E-state index in [9.17, 15) is 0 Å². The van der Waals surface area contributed by atoms with Gasteiger partial charge < -0.3 is 9.88 Å². The van der Waals surface area contributed by atoms with Crippen molar-refractivity contribution in [3.8, 4) is 11.3 Å². The number of nitrogens with zero attached hydrogens (tertiary/aromatic N) is 1. The van der Waals surface area contributed by atoms with Crippen molar-refractivity contribution in [2.24, 2.45) is 0 Å². The lowest BCUT2D eigenvalue weighted by Gasteiger charge is -2.36. The Balaban J connectivity index is 1.67. The first kappa shape index (κ1) is 14.3. The van der Waals surface area contributed by atoms with Crippen LogP contribution in [0.15, 0.2) is 54.6 Å². The van der Waals surface area contributed by atoms with Gasteiger partial charge in [0.15, 0.2) is 0 Å². The minimum atomic E-state index is 0.671. The maximum Gasteiger partial charge on any atom is 0.0500 e. The molecule has 5 rings (SSSR count). The zero-order valence-corrected chi connectivity index (χ0v) is 14.2. The molecule has 2 aliphatic rings. The fourth-order valence-corrected chi connectivity index (χ4v) is 5.07. The predicted molar refractivity (Wildman–Crippen MR) is 100 cm³/mol. The first-order chi connectivity index (χ1) is 11.8. The van der Waals surface area contributed by atoms with Crippen LogP contribution in [0.1, 0.15) is 37.2 Å². The van der Waals surface area contributed by atoms with Crippen LogP contribution in [0.2, 0.25) is 0 Å². The van der Waals surface area contributed by atoms with Crippen molar-refractivity contribution in [1.82, 2.24) is 9.88 Å². The van der Waals surface area contributed by atoms with Gasteiger partial charge >= 0.3 is 0 Å². The number of aromatic amines is 1. The van der Waals surface area contributed by atoms with Crippen LogP contribution in [0.5, 0.6) is 0 Å². The summed E-state index contributed by atoms with van der Waals surface area (Å²) < 4.78 is 0. The first-order valence-electron chi connectivity index (χ1n) is 9.19. The molecule has 2 fully saturated rings. The molecule has 1 aromatic heterocycles. The van der Waals surface area contributed by atoms with E-state index >= 15 is 0 Å². The highest BCUT2D eigenvalue weighted by atomic mass is 15.2. The number of piperidine rings is 1. The van der Waals surface area contributed by atoms with Crippen LogP contribution >= 0.6 is 0 Å². The summed E-state index contributed by atoms with van der Waals surface area (Å²) in [6, 6.07) is 21.2. The van der Waals surface area contributed by atoms with Gasteiger partial charge in [0.1, 0.15) is 0 Å². The summed E-state index contributed by atoms with van der Waals surface area (Å²) in [5.41, 5.74) is 5.49. The first-order valence-corrected chi connectivity index (χ1v) is 9.19. The average molecular weight is 316 g/mol. The van der Waals surface area contributed by atoms with E-state index in [4.69, 9.17) is 0 Å². The summed E-state index contributed by atoms with van der Waals surface area (Å²) in [5, 5.41) is 1.42. The molecule has 2 heteroatoms. The van der Waals surface area contributed by atoms with Crippen molar-refractivity contribution in [2.45, 2.75) is 43.7 Å². The normalized spacial score (nSPS) is 27.0. The number of hydrogen-bond acceptors (Lipinski definition) is 1. The summed E-state index contributed by atoms with van der Waals surface area (Å²) in [6.07, 6.45) is 5.35. The summed E-state index contributed by atoms with van der Waals surface area (Å²) in [6.45, 7) is 0. The molecule has 0 saturated carbocycles. The number of para-hydroxylation sites is 1. The number of hydrogen-bond donors (Lipinski definition) is 1. The second-order valence-corrected chi connectivity index (χ2v) is 7.54. The van der Waals surface area contributed by atoms with Gasteiger partial charge in [0.2, 0.25) is 0 Å². The van der Waals surface area contributed by atoms with Crippen molar-refractivity contribution in [1.29, 1.82) is 0 Å². The van der Waals surface area contributed by atoms with Crippen molar-refractivity contribution in [3.05, 3.63) is 60.2 Å². The number of nitrogens with one attached hydrogen (secondary N) is 1. The second-order valence-electron chi connectivity index (χ2n) is 7.54. The topological polar surface area (TPSA) is 19.0 Å². The average Bonchev–Trinajstić information content (AvgIpc) is 3.08. The van der Waals surface area contributed by atoms with Crippen LogP contribution in [-0.4, -0.2) is 29.0 Å². The summed E-state index contributed by atoms with van der Waals surface area (Å²) in [4.78, 5) is 6.36. The molecule has 2 aromatic carbocycles. The van der Waals surface area contributed by atoms with Crippen molar-refractivity contribution in [2.75, 3.05) is 7.05 Å². The molecule has 2 aliphatic heterocycles. The second kappa shape index (κ2) is 5.49. The molecule has 2 nitrogen and oxygen atoms in total. The lowest BCUT2D eigenvalue weighted by Crippen LogP contribution is -2.39. The molecule has 0 amide bonds. The third-order valence-corrected chi connectivity index (χ3v) is 6.32. The summed E-state index contributed by atoms with van der Waals surface area (Å²) >= 11 is 0. The molecule has 3 heterocycles. The summed E-state index contributed by atoms with van der Waals surface area (Å²) in [5.74, 6) is 0.671. The zero-order valence-electron chi connectivity index (χ0n) is 14.2. The number of fused-ring (bicyclic) bond motifs is 3. The third-order valence-electron chi connectivity index (χ3n) is 6.32. The van der Waals surface area contributed by atoms with Gasteiger partial charge in [0.25, 0.3) is 0 Å². The maximum atomic E-state index is 3.73. The monoisotopic (exact) mass is 316 g/mol. The molecular weight excluding hydrogens is 292 g/mol. The Kier molecular flexibility index (Phi) is 3.27. The minimum Gasteiger partial charge on any atom is -0.354 e. The van der Waals surface area contributed by atoms with Gasteiger partial charge in [-0.2, -0.15) is 0 Å². The molecule has 3 aromatic rings. The number of H-pyrrole nitrogens is 1. The van der Waals surface area contributed by atoms with E-state index in [2.05, 4.69) is 71.5 Å². The largest absolute Gasteiger partial charge is 0.354 e. The number of benzene rings is 2. The van der Waals surface area contributed by atoms with E-state index in [1.54, 1.807) is 5.56 Å². The Morgan fingerprint density at radius 1 is 0.875 bits per heavy atom. The van der Waals surface area contributed by atoms with Crippen molar-refractivity contribution < 1.29 is 0 Å². The Labute approximate surface area is 143 Å². The van der Waals surface area contributed by atoms with E-state index in [-0.39, 0.29) is 0 Å². The highest BCUT2D eigenvalue weighted by molar-refractivity contribution is 5.91. The molecule has 24 heavy (non-hydrogen) atoms. The van der Waals surface area contributed by atoms with Crippen LogP contribution in [0.3, 0.4) is 0 Å². The lowest BCUT2D eigenvalue weighted by molar-refractivity contribution is 0.162. The third kappa shape index (κ3) is 2.13. The van der Waals surface area contributed by atoms with Crippen LogP contribution in [0, 0.1) is 0 Å². The smallest absolute Gasteiger partial charge is 0.0500 e. The molecule has 1 unspecified atom stereocenters. The van der Waals surface area contributed by atoms with Gasteiger partial charge in [-0.25, -0.2) is 0 Å². The van der Waals surface area contributed by atoms with Gasteiger partial charge in [-0.05, 0) is 55.8 Å². The maximum absolute atomic E-state index is 3.73. The molecule has 122 valence electrons. The molecule has 0 radical (unpaired) electrons. The molecule has 0 aliphatic carbocycles. The summed E-state index contributed by atoms with van der Waals surface area (Å²) in [7, 11) is 2.33. The zero-order chi connectivity index (χ0) is 16.1. The fourth-order valence-electron chi connectivity index (χ4n) is 5.07. The quantitative estimate of drug-likeness (QED) is 0.690. The highest BCUT2D eigenvalue weighted by Crippen LogP contribution is 2.46. The van der Waals surface area contributed by atoms with Gasteiger partial charge in [0, 0.05) is 28.7 Å². The van der Waals surface area contributed by atoms with Gasteiger partial charge in [0.05, 0.1) is 0 Å². The van der Waals surface area contributed by atoms with Crippen LogP contribution < -0.4 is 0 Å². The number of aromatic nitrogens is 1. The lowest BCUT2D eigenvalue weighted by atomic mass is 9.83. The van der Waals surface area contributed by atoms with E-state index < -0.39 is 0 Å². The molecule has 3 atom stereocenters. The molecule has 2 saturated heterocycles. The Morgan fingerprint density at radius 3 is 2.29 bits per heavy atom. The minimum absolute atomic E-state index is 0.671. The van der Waals surface area contributed by atoms with E-state index in [0.29, 0.717) is 5.92 Å². The van der Waals surface area contributed by atoms with E-state index in [1.807, 2.05) is 0 Å². The predicted octanol–water partition coefficient (Wildman–Crippen LogP) is 5.18. The van der Waals surface area contributed by atoms with Gasteiger partial charge in [-0.1, -0.05) is 48.5 Å². The highest BCUT2D eigenvalue weighted by Gasteiger charge is 2.40. The van der Waals surface area contributed by atoms with Gasteiger partial charge in [-0.15, -0.1) is 0 Å². The molecule has 2 bridgehead atoms. The standard InChI is InChI=1S/C22H24N2/c1-24-17-11-12-18(24)14-16(13-17)21-19-9-5-6-10-20(19)23-22(21)15-7-3-2-4-8-15/h2-10,16-18,23H,11-14H2,1H3/t16?,17-,18+. The Bertz CT molecular complexity index is 850. The van der Waals surface area contributed by atoms with E-state index in [0.717, 1.165) is 12.1 Å². The van der Waals surface area contributed by atoms with Crippen LogP contribution in [-0.2, 0) is 0 Å². The van der Waals surface area contributed by atoms with Crippen LogP contribution in [0.4, 0.5) is 0 Å². The number of rotatable bonds is 2. The van der Waals surface area contributed by atoms with Crippen LogP contribution in [0.25, 0.3) is 22.2 Å². The SMILES string of the molecule is CN1[C@@H]2CC[C@H]1CC(c1c(-c3ccccc3)[nH]c3ccccc13)C2. The molecule has 0 spiro atoms.